The smallest absolute Gasteiger partial charge is 0.254 e. The van der Waals surface area contributed by atoms with Crippen LogP contribution in [0, 0.1) is 12.7 Å². The SMILES string of the molecule is CO.Cc1ccc(-c2ccccc2-c2nc3cc(C(=O)N4CCOC(C=O)C4)ccn3c2Cl)c(F)c1. The minimum atomic E-state index is -0.618. The molecule has 3 heterocycles. The summed E-state index contributed by atoms with van der Waals surface area (Å²) in [6, 6.07) is 15.8. The monoisotopic (exact) mass is 509 g/mol. The highest BCUT2D eigenvalue weighted by Crippen LogP contribution is 2.37. The lowest BCUT2D eigenvalue weighted by molar-refractivity contribution is -0.122. The fraction of sp³-hybridized carbons (Fsp3) is 0.222. The summed E-state index contributed by atoms with van der Waals surface area (Å²) < 4.78 is 21.8. The van der Waals surface area contributed by atoms with Gasteiger partial charge >= 0.3 is 0 Å². The molecule has 1 aliphatic heterocycles. The average Bonchev–Trinajstić information content (AvgIpc) is 3.25. The molecular formula is C27H25ClFN3O4. The third kappa shape index (κ3) is 4.88. The summed E-state index contributed by atoms with van der Waals surface area (Å²) in [7, 11) is 1.00. The highest BCUT2D eigenvalue weighted by atomic mass is 35.5. The molecule has 1 N–H and O–H groups in total. The predicted molar refractivity (Wildman–Crippen MR) is 136 cm³/mol. The molecule has 36 heavy (non-hydrogen) atoms. The quantitative estimate of drug-likeness (QED) is 0.412. The predicted octanol–water partition coefficient (Wildman–Crippen LogP) is 4.42. The molecule has 186 valence electrons. The largest absolute Gasteiger partial charge is 0.400 e. The van der Waals surface area contributed by atoms with Gasteiger partial charge < -0.3 is 19.5 Å². The molecule has 0 spiro atoms. The van der Waals surface area contributed by atoms with Gasteiger partial charge in [-0.05, 0) is 36.2 Å². The number of benzene rings is 2. The molecule has 1 unspecified atom stereocenters. The lowest BCUT2D eigenvalue weighted by Gasteiger charge is -2.30. The standard InChI is InChI=1S/C26H21ClFN3O3.CH4O/c1-16-6-7-20(22(28)12-16)19-4-2-3-5-21(19)24-25(27)31-9-8-17(13-23(31)29-24)26(33)30-10-11-34-18(14-30)15-32;1-2/h2-9,12-13,15,18H,10-11,14H2,1H3;2H,1H3. The van der Waals surface area contributed by atoms with E-state index in [1.807, 2.05) is 37.3 Å². The first-order valence-electron chi connectivity index (χ1n) is 11.3. The summed E-state index contributed by atoms with van der Waals surface area (Å²) in [5.41, 5.74) is 4.08. The van der Waals surface area contributed by atoms with Crippen LogP contribution in [0.3, 0.4) is 0 Å². The first-order valence-corrected chi connectivity index (χ1v) is 11.7. The topological polar surface area (TPSA) is 84.1 Å². The second-order valence-corrected chi connectivity index (χ2v) is 8.58. The maximum absolute atomic E-state index is 14.8. The van der Waals surface area contributed by atoms with Crippen LogP contribution in [0.25, 0.3) is 28.0 Å². The lowest BCUT2D eigenvalue weighted by atomic mass is 9.97. The number of hydrogen-bond acceptors (Lipinski definition) is 5. The van der Waals surface area contributed by atoms with E-state index in [1.54, 1.807) is 33.7 Å². The van der Waals surface area contributed by atoms with Crippen molar-refractivity contribution < 1.29 is 23.8 Å². The number of nitrogens with zero attached hydrogens (tertiary/aromatic N) is 3. The molecule has 4 aromatic rings. The van der Waals surface area contributed by atoms with Crippen molar-refractivity contribution in [2.45, 2.75) is 13.0 Å². The van der Waals surface area contributed by atoms with Gasteiger partial charge in [0, 0.05) is 36.5 Å². The van der Waals surface area contributed by atoms with Crippen LogP contribution < -0.4 is 0 Å². The molecule has 5 rings (SSSR count). The third-order valence-corrected chi connectivity index (χ3v) is 6.31. The minimum Gasteiger partial charge on any atom is -0.400 e. The molecule has 2 aromatic heterocycles. The van der Waals surface area contributed by atoms with Gasteiger partial charge in [0.1, 0.15) is 28.4 Å². The van der Waals surface area contributed by atoms with E-state index in [1.165, 1.54) is 6.07 Å². The van der Waals surface area contributed by atoms with Crippen LogP contribution >= 0.6 is 11.6 Å². The van der Waals surface area contributed by atoms with Crippen LogP contribution in [0.5, 0.6) is 0 Å². The number of fused-ring (bicyclic) bond motifs is 1. The molecule has 7 nitrogen and oxygen atoms in total. The maximum Gasteiger partial charge on any atom is 0.254 e. The molecular weight excluding hydrogens is 485 g/mol. The van der Waals surface area contributed by atoms with Crippen LogP contribution in [-0.2, 0) is 9.53 Å². The van der Waals surface area contributed by atoms with Gasteiger partial charge in [-0.15, -0.1) is 0 Å². The Balaban J connectivity index is 0.00000148. The zero-order chi connectivity index (χ0) is 25.8. The van der Waals surface area contributed by atoms with E-state index >= 15 is 0 Å². The summed E-state index contributed by atoms with van der Waals surface area (Å²) in [6.07, 6.45) is 1.78. The zero-order valence-electron chi connectivity index (χ0n) is 19.8. The molecule has 1 saturated heterocycles. The van der Waals surface area contributed by atoms with Crippen LogP contribution in [-0.4, -0.2) is 64.5 Å². The third-order valence-electron chi connectivity index (χ3n) is 5.94. The lowest BCUT2D eigenvalue weighted by Crippen LogP contribution is -2.46. The number of aldehydes is 1. The highest BCUT2D eigenvalue weighted by Gasteiger charge is 2.25. The van der Waals surface area contributed by atoms with Crippen molar-refractivity contribution in [2.24, 2.45) is 0 Å². The Morgan fingerprint density at radius 3 is 2.61 bits per heavy atom. The zero-order valence-corrected chi connectivity index (χ0v) is 20.6. The Kier molecular flexibility index (Phi) is 7.79. The number of aliphatic hydroxyl groups is 1. The number of aryl methyl sites for hydroxylation is 1. The van der Waals surface area contributed by atoms with Gasteiger partial charge in [0.25, 0.3) is 5.91 Å². The van der Waals surface area contributed by atoms with E-state index < -0.39 is 6.10 Å². The minimum absolute atomic E-state index is 0.208. The van der Waals surface area contributed by atoms with Crippen LogP contribution in [0.2, 0.25) is 5.15 Å². The van der Waals surface area contributed by atoms with Crippen LogP contribution in [0.4, 0.5) is 4.39 Å². The number of amides is 1. The van der Waals surface area contributed by atoms with Gasteiger partial charge in [-0.25, -0.2) is 9.37 Å². The molecule has 1 fully saturated rings. The van der Waals surface area contributed by atoms with Crippen molar-refractivity contribution in [3.8, 4) is 22.4 Å². The number of carbonyl (C=O) groups is 2. The number of rotatable bonds is 4. The van der Waals surface area contributed by atoms with Gasteiger partial charge in [0.05, 0.1) is 13.2 Å². The second-order valence-electron chi connectivity index (χ2n) is 8.22. The van der Waals surface area contributed by atoms with Crippen LogP contribution in [0.15, 0.2) is 60.8 Å². The molecule has 0 saturated carbocycles. The van der Waals surface area contributed by atoms with Gasteiger partial charge in [-0.1, -0.05) is 48.0 Å². The normalized spacial score (nSPS) is 15.4. The number of pyridine rings is 1. The maximum atomic E-state index is 14.8. The molecule has 1 amide bonds. The van der Waals surface area contributed by atoms with Crippen molar-refractivity contribution in [3.05, 3.63) is 82.9 Å². The van der Waals surface area contributed by atoms with Gasteiger partial charge in [0.2, 0.25) is 0 Å². The average molecular weight is 510 g/mol. The molecule has 0 aliphatic carbocycles. The Hall–Kier alpha value is -3.59. The van der Waals surface area contributed by atoms with E-state index in [0.29, 0.717) is 58.2 Å². The Labute approximate surface area is 212 Å². The number of imidazole rings is 1. The molecule has 2 aromatic carbocycles. The highest BCUT2D eigenvalue weighted by molar-refractivity contribution is 6.32. The van der Waals surface area contributed by atoms with Crippen molar-refractivity contribution in [1.29, 1.82) is 0 Å². The summed E-state index contributed by atoms with van der Waals surface area (Å²) in [6.45, 7) is 2.77. The molecule has 0 bridgehead atoms. The molecule has 0 radical (unpaired) electrons. The number of halogens is 2. The van der Waals surface area contributed by atoms with Crippen molar-refractivity contribution in [1.82, 2.24) is 14.3 Å². The van der Waals surface area contributed by atoms with Gasteiger partial charge in [-0.3, -0.25) is 9.20 Å². The number of hydrogen-bond donors (Lipinski definition) is 1. The second kappa shape index (κ2) is 11.0. The number of aromatic nitrogens is 2. The molecule has 9 heteroatoms. The van der Waals surface area contributed by atoms with Crippen molar-refractivity contribution in [2.75, 3.05) is 26.8 Å². The Morgan fingerprint density at radius 1 is 1.14 bits per heavy atom. The fourth-order valence-electron chi connectivity index (χ4n) is 4.21. The number of ether oxygens (including phenoxy) is 1. The summed E-state index contributed by atoms with van der Waals surface area (Å²) in [4.78, 5) is 30.4. The van der Waals surface area contributed by atoms with Crippen molar-refractivity contribution >= 4 is 29.4 Å². The van der Waals surface area contributed by atoms with E-state index in [2.05, 4.69) is 0 Å². The van der Waals surface area contributed by atoms with Gasteiger partial charge in [0.15, 0.2) is 6.29 Å². The fourth-order valence-corrected chi connectivity index (χ4v) is 4.49. The van der Waals surface area contributed by atoms with E-state index in [-0.39, 0.29) is 18.3 Å². The van der Waals surface area contributed by atoms with E-state index in [9.17, 15) is 14.0 Å². The summed E-state index contributed by atoms with van der Waals surface area (Å²) >= 11 is 6.69. The summed E-state index contributed by atoms with van der Waals surface area (Å²) in [5.74, 6) is -0.528. The number of aliphatic hydroxyl groups excluding tert-OH is 1. The first kappa shape index (κ1) is 25.5. The molecule has 1 atom stereocenters. The molecule has 1 aliphatic rings. The number of carbonyl (C=O) groups excluding carboxylic acids is 2. The van der Waals surface area contributed by atoms with E-state index in [4.69, 9.17) is 26.4 Å². The van der Waals surface area contributed by atoms with E-state index in [0.717, 1.165) is 12.7 Å². The first-order chi connectivity index (χ1) is 17.5. The Morgan fingerprint density at radius 2 is 1.89 bits per heavy atom. The van der Waals surface area contributed by atoms with Crippen molar-refractivity contribution in [3.63, 3.8) is 0 Å². The van der Waals surface area contributed by atoms with Gasteiger partial charge in [-0.2, -0.15) is 0 Å². The summed E-state index contributed by atoms with van der Waals surface area (Å²) in [5, 5.41) is 7.36. The van der Waals surface area contributed by atoms with Crippen LogP contribution in [0.1, 0.15) is 15.9 Å². The Bertz CT molecular complexity index is 1420. The number of morpholine rings is 1.